The lowest BCUT2D eigenvalue weighted by atomic mass is 10.5. The molecule has 0 saturated heterocycles. The second-order valence-corrected chi connectivity index (χ2v) is 2.90. The van der Waals surface area contributed by atoms with Gasteiger partial charge in [0.25, 0.3) is 0 Å². The molecule has 2 aromatic heterocycles. The first-order chi connectivity index (χ1) is 7.57. The van der Waals surface area contributed by atoms with Gasteiger partial charge in [0.15, 0.2) is 0 Å². The van der Waals surface area contributed by atoms with E-state index in [4.69, 9.17) is 0 Å². The predicted molar refractivity (Wildman–Crippen MR) is 50.2 cm³/mol. The molecular weight excluding hydrogens is 220 g/mol. The Morgan fingerprint density at radius 2 is 2.19 bits per heavy atom. The molecule has 0 fully saturated rings. The van der Waals surface area contributed by atoms with Crippen molar-refractivity contribution in [2.75, 3.05) is 0 Å². The van der Waals surface area contributed by atoms with Crippen LogP contribution in [0.2, 0.25) is 0 Å². The number of aromatic amines is 1. The Hall–Kier alpha value is -2.52. The summed E-state index contributed by atoms with van der Waals surface area (Å²) in [6.45, 7) is 1.55. The average molecular weight is 226 g/mol. The van der Waals surface area contributed by atoms with E-state index in [0.29, 0.717) is 9.08 Å². The SMILES string of the molecule is CCn1c(=O)c([N+](=O)[O-])c2[nH]nnn2c1=O. The fourth-order valence-corrected chi connectivity index (χ4v) is 1.37. The highest BCUT2D eigenvalue weighted by atomic mass is 16.6. The van der Waals surface area contributed by atoms with E-state index in [9.17, 15) is 19.7 Å². The molecule has 0 aromatic carbocycles. The van der Waals surface area contributed by atoms with Crippen molar-refractivity contribution in [2.45, 2.75) is 13.5 Å². The molecule has 0 aliphatic carbocycles. The maximum atomic E-state index is 11.6. The third-order valence-corrected chi connectivity index (χ3v) is 2.08. The second-order valence-electron chi connectivity index (χ2n) is 2.90. The van der Waals surface area contributed by atoms with Crippen LogP contribution < -0.4 is 11.2 Å². The normalized spacial score (nSPS) is 10.8. The van der Waals surface area contributed by atoms with Crippen LogP contribution in [0.3, 0.4) is 0 Å². The van der Waals surface area contributed by atoms with E-state index in [1.54, 1.807) is 0 Å². The lowest BCUT2D eigenvalue weighted by Gasteiger charge is -1.99. The fourth-order valence-electron chi connectivity index (χ4n) is 1.37. The zero-order chi connectivity index (χ0) is 11.9. The Bertz CT molecular complexity index is 678. The lowest BCUT2D eigenvalue weighted by molar-refractivity contribution is -0.385. The standard InChI is InChI=1S/C6H6N6O4/c1-2-10-5(13)3(12(15)16)4-7-8-9-11(4)6(10)14/h2H2,1H3,(H,7,9). The number of fused-ring (bicyclic) bond motifs is 1. The van der Waals surface area contributed by atoms with Gasteiger partial charge < -0.3 is 0 Å². The van der Waals surface area contributed by atoms with Crippen molar-refractivity contribution in [3.05, 3.63) is 31.0 Å². The van der Waals surface area contributed by atoms with Crippen LogP contribution in [0.5, 0.6) is 0 Å². The number of nitrogens with one attached hydrogen (secondary N) is 1. The van der Waals surface area contributed by atoms with Gasteiger partial charge in [-0.1, -0.05) is 0 Å². The fraction of sp³-hybridized carbons (Fsp3) is 0.333. The summed E-state index contributed by atoms with van der Waals surface area (Å²) in [7, 11) is 0. The molecule has 2 rings (SSSR count). The Kier molecular flexibility index (Phi) is 2.04. The second kappa shape index (κ2) is 3.25. The first-order valence-corrected chi connectivity index (χ1v) is 4.29. The van der Waals surface area contributed by atoms with Crippen LogP contribution >= 0.6 is 0 Å². The van der Waals surface area contributed by atoms with Crippen LogP contribution in [0.1, 0.15) is 6.92 Å². The van der Waals surface area contributed by atoms with Gasteiger partial charge in [-0.3, -0.25) is 19.5 Å². The van der Waals surface area contributed by atoms with Crippen LogP contribution in [-0.2, 0) is 6.54 Å². The van der Waals surface area contributed by atoms with Gasteiger partial charge in [0, 0.05) is 6.54 Å². The van der Waals surface area contributed by atoms with Crippen LogP contribution in [0.25, 0.3) is 5.65 Å². The molecule has 0 aliphatic heterocycles. The first-order valence-electron chi connectivity index (χ1n) is 4.29. The maximum absolute atomic E-state index is 11.6. The molecule has 1 N–H and O–H groups in total. The minimum atomic E-state index is -0.969. The first kappa shape index (κ1) is 10.0. The molecule has 84 valence electrons. The summed E-state index contributed by atoms with van der Waals surface area (Å²) in [5.41, 5.74) is -2.79. The molecule has 0 saturated carbocycles. The molecule has 0 bridgehead atoms. The summed E-state index contributed by atoms with van der Waals surface area (Å²) in [5.74, 6) is 0. The highest BCUT2D eigenvalue weighted by Gasteiger charge is 2.24. The van der Waals surface area contributed by atoms with E-state index in [1.165, 1.54) is 6.92 Å². The van der Waals surface area contributed by atoms with Crippen molar-refractivity contribution < 1.29 is 4.92 Å². The summed E-state index contributed by atoms with van der Waals surface area (Å²) in [5, 5.41) is 19.5. The Morgan fingerprint density at radius 3 is 2.75 bits per heavy atom. The van der Waals surface area contributed by atoms with Crippen molar-refractivity contribution in [1.82, 2.24) is 24.6 Å². The quantitative estimate of drug-likeness (QED) is 0.490. The lowest BCUT2D eigenvalue weighted by Crippen LogP contribution is -2.38. The van der Waals surface area contributed by atoms with E-state index >= 15 is 0 Å². The van der Waals surface area contributed by atoms with E-state index in [1.807, 2.05) is 0 Å². The third kappa shape index (κ3) is 1.12. The number of hydrogen-bond donors (Lipinski definition) is 1. The number of rotatable bonds is 2. The summed E-state index contributed by atoms with van der Waals surface area (Å²) < 4.78 is 1.40. The highest BCUT2D eigenvalue weighted by molar-refractivity contribution is 5.55. The molecule has 0 spiro atoms. The smallest absolute Gasteiger partial charge is 0.261 e. The van der Waals surface area contributed by atoms with Gasteiger partial charge in [0.2, 0.25) is 5.65 Å². The van der Waals surface area contributed by atoms with Crippen molar-refractivity contribution in [2.24, 2.45) is 0 Å². The summed E-state index contributed by atoms with van der Waals surface area (Å²) in [6.07, 6.45) is 0. The number of aromatic nitrogens is 5. The van der Waals surface area contributed by atoms with Crippen molar-refractivity contribution in [3.8, 4) is 0 Å². The number of hydrogen-bond acceptors (Lipinski definition) is 6. The minimum absolute atomic E-state index is 0.0221. The molecule has 10 heteroatoms. The molecule has 0 unspecified atom stereocenters. The van der Waals surface area contributed by atoms with Gasteiger partial charge in [-0.25, -0.2) is 9.89 Å². The van der Waals surface area contributed by atoms with Crippen LogP contribution in [0.4, 0.5) is 5.69 Å². The van der Waals surface area contributed by atoms with E-state index in [-0.39, 0.29) is 12.2 Å². The molecule has 0 aliphatic rings. The number of tetrazole rings is 1. The van der Waals surface area contributed by atoms with Gasteiger partial charge >= 0.3 is 16.9 Å². The largest absolute Gasteiger partial charge is 0.378 e. The summed E-state index contributed by atoms with van der Waals surface area (Å²) >= 11 is 0. The molecule has 2 aromatic rings. The third-order valence-electron chi connectivity index (χ3n) is 2.08. The molecule has 2 heterocycles. The summed E-state index contributed by atoms with van der Waals surface area (Å²) in [6, 6.07) is 0. The van der Waals surface area contributed by atoms with Crippen molar-refractivity contribution in [3.63, 3.8) is 0 Å². The van der Waals surface area contributed by atoms with Crippen LogP contribution in [0, 0.1) is 10.1 Å². The van der Waals surface area contributed by atoms with Gasteiger partial charge in [0.1, 0.15) is 0 Å². The number of nitrogens with zero attached hydrogens (tertiary/aromatic N) is 5. The van der Waals surface area contributed by atoms with E-state index < -0.39 is 21.9 Å². The highest BCUT2D eigenvalue weighted by Crippen LogP contribution is 2.07. The number of H-pyrrole nitrogens is 1. The molecule has 0 atom stereocenters. The maximum Gasteiger partial charge on any atom is 0.378 e. The summed E-state index contributed by atoms with van der Waals surface area (Å²) in [4.78, 5) is 33.0. The van der Waals surface area contributed by atoms with E-state index in [2.05, 4.69) is 15.5 Å². The van der Waals surface area contributed by atoms with Crippen LogP contribution in [-0.4, -0.2) is 29.5 Å². The Balaban J connectivity index is 3.10. The minimum Gasteiger partial charge on any atom is -0.261 e. The molecule has 0 amide bonds. The Morgan fingerprint density at radius 1 is 1.50 bits per heavy atom. The van der Waals surface area contributed by atoms with Gasteiger partial charge in [-0.2, -0.15) is 0 Å². The zero-order valence-corrected chi connectivity index (χ0v) is 8.08. The van der Waals surface area contributed by atoms with Crippen molar-refractivity contribution >= 4 is 11.3 Å². The molecule has 0 radical (unpaired) electrons. The Labute approximate surface area is 86.2 Å². The van der Waals surface area contributed by atoms with Gasteiger partial charge in [0.05, 0.1) is 4.92 Å². The topological polar surface area (TPSA) is 128 Å². The molecule has 16 heavy (non-hydrogen) atoms. The molecule has 10 nitrogen and oxygen atoms in total. The van der Waals surface area contributed by atoms with Gasteiger partial charge in [-0.15, -0.1) is 4.52 Å². The van der Waals surface area contributed by atoms with Crippen LogP contribution in [0.15, 0.2) is 9.59 Å². The average Bonchev–Trinajstić information content (AvgIpc) is 2.66. The van der Waals surface area contributed by atoms with Gasteiger partial charge in [-0.05, 0) is 17.4 Å². The predicted octanol–water partition coefficient (Wildman–Crippen LogP) is -1.49. The monoisotopic (exact) mass is 226 g/mol. The number of nitro groups is 1. The molecular formula is C6H6N6O4. The van der Waals surface area contributed by atoms with E-state index in [0.717, 1.165) is 0 Å². The zero-order valence-electron chi connectivity index (χ0n) is 8.08. The van der Waals surface area contributed by atoms with Crippen molar-refractivity contribution in [1.29, 1.82) is 0 Å².